The molecule has 0 saturated carbocycles. The van der Waals surface area contributed by atoms with E-state index in [1.807, 2.05) is 60.0 Å². The SMILES string of the molecule is Cc1cc2c(cc1C)-c1csc(C)c1C2=O.Cc1cc2c(cc1C)C(=O)c1c(C)sc3c1C(C2)CN(Cc1ccccc1)C3.Cc1cc2c(cc1C)C(=O)c1c(csc1C)C2.Cc1cc2c(cc1C)C1(C)CN(Cc3ccccc3)Cc3sc(C)c(c31)C2=O.Cc1cc2c(cc1C)C1CN(Cc3ccccc3)Cc3sc(C)c(c31)C2=O. The molecule has 8 aromatic carbocycles. The van der Waals surface area contributed by atoms with Gasteiger partial charge in [-0.25, -0.2) is 0 Å². The van der Waals surface area contributed by atoms with Crippen LogP contribution in [-0.2, 0) is 57.5 Å². The first-order valence-corrected chi connectivity index (χ1v) is 44.9. The van der Waals surface area contributed by atoms with Crippen LogP contribution >= 0.6 is 56.7 Å². The molecule has 0 fully saturated rings. The second kappa shape index (κ2) is 31.1. The van der Waals surface area contributed by atoms with Gasteiger partial charge in [-0.05, 0) is 280 Å². The van der Waals surface area contributed by atoms with Crippen LogP contribution in [0.25, 0.3) is 11.1 Å². The van der Waals surface area contributed by atoms with E-state index >= 15 is 0 Å². The molecule has 8 aliphatic rings. The van der Waals surface area contributed by atoms with Gasteiger partial charge in [0.2, 0.25) is 0 Å². The summed E-state index contributed by atoms with van der Waals surface area (Å²) < 4.78 is 0. The minimum absolute atomic E-state index is 0.135. The summed E-state index contributed by atoms with van der Waals surface area (Å²) in [7, 11) is 0. The molecular weight excluding hydrogens is 1520 g/mol. The van der Waals surface area contributed by atoms with Gasteiger partial charge in [0.25, 0.3) is 0 Å². The van der Waals surface area contributed by atoms with Crippen LogP contribution in [0, 0.1) is 104 Å². The van der Waals surface area contributed by atoms with Crippen molar-refractivity contribution in [2.24, 2.45) is 0 Å². The lowest BCUT2D eigenvalue weighted by molar-refractivity contribution is 0.101. The van der Waals surface area contributed by atoms with E-state index in [-0.39, 0.29) is 34.3 Å². The largest absolute Gasteiger partial charge is 0.293 e. The van der Waals surface area contributed by atoms with E-state index in [0.717, 1.165) is 148 Å². The molecule has 586 valence electrons. The Morgan fingerprint density at radius 1 is 0.353 bits per heavy atom. The minimum Gasteiger partial charge on any atom is -0.293 e. The molecule has 5 aromatic heterocycles. The maximum atomic E-state index is 13.5. The zero-order valence-electron chi connectivity index (χ0n) is 69.4. The zero-order valence-corrected chi connectivity index (χ0v) is 73.5. The number of hydrogen-bond donors (Lipinski definition) is 0. The summed E-state index contributed by atoms with van der Waals surface area (Å²) in [6, 6.07) is 53.6. The van der Waals surface area contributed by atoms with Gasteiger partial charge in [-0.3, -0.25) is 38.7 Å². The summed E-state index contributed by atoms with van der Waals surface area (Å²) in [6.07, 6.45) is 1.87. The van der Waals surface area contributed by atoms with Crippen LogP contribution in [0.4, 0.5) is 0 Å². The van der Waals surface area contributed by atoms with Crippen molar-refractivity contribution in [1.29, 1.82) is 0 Å². The lowest BCUT2D eigenvalue weighted by Crippen LogP contribution is -2.47. The third kappa shape index (κ3) is 14.1. The summed E-state index contributed by atoms with van der Waals surface area (Å²) in [6.45, 7) is 42.5. The number of carbonyl (C=O) groups is 5. The molecule has 13 aromatic rings. The highest BCUT2D eigenvalue weighted by atomic mass is 32.1. The van der Waals surface area contributed by atoms with Crippen molar-refractivity contribution in [3.05, 3.63) is 374 Å². The molecule has 3 atom stereocenters. The Labute approximate surface area is 703 Å². The lowest BCUT2D eigenvalue weighted by atomic mass is 9.65. The van der Waals surface area contributed by atoms with Crippen LogP contribution < -0.4 is 0 Å². The molecule has 13 heteroatoms. The van der Waals surface area contributed by atoms with E-state index in [1.54, 1.807) is 22.7 Å². The second-order valence-corrected chi connectivity index (χ2v) is 40.2. The molecule has 8 nitrogen and oxygen atoms in total. The fourth-order valence-electron chi connectivity index (χ4n) is 19.5. The number of hydrogen-bond acceptors (Lipinski definition) is 13. The van der Waals surface area contributed by atoms with Crippen LogP contribution in [0.15, 0.2) is 162 Å². The smallest absolute Gasteiger partial charge is 0.195 e. The summed E-state index contributed by atoms with van der Waals surface area (Å²) in [5.41, 5.74) is 38.0. The van der Waals surface area contributed by atoms with Crippen molar-refractivity contribution in [2.75, 3.05) is 19.6 Å². The summed E-state index contributed by atoms with van der Waals surface area (Å²) >= 11 is 8.82. The topological polar surface area (TPSA) is 95.1 Å². The van der Waals surface area contributed by atoms with Crippen molar-refractivity contribution in [3.8, 4) is 11.1 Å². The van der Waals surface area contributed by atoms with Crippen molar-refractivity contribution in [3.63, 3.8) is 0 Å². The maximum absolute atomic E-state index is 13.5. The van der Waals surface area contributed by atoms with Gasteiger partial charge < -0.3 is 0 Å². The quantitative estimate of drug-likeness (QED) is 0.162. The Morgan fingerprint density at radius 3 is 1.37 bits per heavy atom. The Morgan fingerprint density at radius 2 is 0.767 bits per heavy atom. The Balaban J connectivity index is 0.000000106. The molecule has 8 heterocycles. The number of ketones is 5. The molecule has 0 saturated heterocycles. The summed E-state index contributed by atoms with van der Waals surface area (Å²) in [5, 5.41) is 4.23. The van der Waals surface area contributed by atoms with Crippen molar-refractivity contribution < 1.29 is 24.0 Å². The average Bonchev–Trinajstić information content (AvgIpc) is 1.44. The molecule has 0 spiro atoms. The third-order valence-corrected chi connectivity index (χ3v) is 31.2. The molecule has 116 heavy (non-hydrogen) atoms. The fourth-order valence-corrected chi connectivity index (χ4v) is 25.2. The Bertz CT molecular complexity index is 6230. The predicted octanol–water partition coefficient (Wildman–Crippen LogP) is 24.2. The summed E-state index contributed by atoms with van der Waals surface area (Å²) in [4.78, 5) is 82.4. The highest BCUT2D eigenvalue weighted by Crippen LogP contribution is 2.53. The van der Waals surface area contributed by atoms with E-state index in [4.69, 9.17) is 0 Å². The fraction of sp³-hybridized carbons (Fsp3) is 0.291. The van der Waals surface area contributed by atoms with Gasteiger partial charge in [-0.15, -0.1) is 56.7 Å². The first-order chi connectivity index (χ1) is 55.6. The molecular formula is C103H99N3O5S5. The molecule has 3 unspecified atom stereocenters. The molecule has 0 N–H and O–H groups in total. The number of aryl methyl sites for hydroxylation is 15. The van der Waals surface area contributed by atoms with Crippen molar-refractivity contribution in [2.45, 2.75) is 180 Å². The van der Waals surface area contributed by atoms with Gasteiger partial charge in [0.15, 0.2) is 28.9 Å². The number of thiophene rings is 5. The van der Waals surface area contributed by atoms with E-state index in [1.165, 1.54) is 146 Å². The van der Waals surface area contributed by atoms with Crippen LogP contribution in [-0.4, -0.2) is 63.3 Å². The van der Waals surface area contributed by atoms with Gasteiger partial charge >= 0.3 is 0 Å². The molecule has 21 rings (SSSR count). The predicted molar refractivity (Wildman–Crippen MR) is 480 cm³/mol. The van der Waals surface area contributed by atoms with Gasteiger partial charge in [0.1, 0.15) is 0 Å². The zero-order chi connectivity index (χ0) is 81.4. The average molecular weight is 1620 g/mol. The Kier molecular flexibility index (Phi) is 21.2. The minimum atomic E-state index is -0.135. The highest BCUT2D eigenvalue weighted by molar-refractivity contribution is 7.13. The van der Waals surface area contributed by atoms with Crippen LogP contribution in [0.3, 0.4) is 0 Å². The molecule has 0 amide bonds. The van der Waals surface area contributed by atoms with Gasteiger partial charge in [0, 0.05) is 176 Å². The number of nitrogens with zero attached hydrogens (tertiary/aromatic N) is 3. The van der Waals surface area contributed by atoms with Crippen LogP contribution in [0.1, 0.15) is 254 Å². The first-order valence-electron chi connectivity index (χ1n) is 40.7. The normalized spacial score (nSPS) is 17.5. The standard InChI is InChI=1S/2C25H25NOS.C24H23NOS.C15H14OS.C14H12OS/c1-15-10-19-20(11-16(15)2)25(4)14-26(12-18-8-6-5-7-9-18)13-21-23(25)22(24(19)27)17(3)28-21;1-15-9-19-11-20-13-26(12-18-7-5-4-6-8-18)14-22-24(20)23(17(3)28-22)25(27)21(19)10-16(15)2;1-14-9-18-19(10-15(14)2)24(26)22-16(3)27-21-13-25(12-20(18)23(21)22)11-17-7-5-4-6-8-17;1-8-4-11-6-12-7-17-10(3)14(12)15(16)13(11)5-9(8)2;1-7-4-10-11(5-8(7)2)14(15)13-9(3)16-6-12(10)13/h5-11H,12-14H2,1-4H3;4-10,20H,11-14H2,1-3H3;4-10,20H,11-13H2,1-3H3;4-5,7H,6H2,1-3H3;4-6H,1-3H3. The van der Waals surface area contributed by atoms with Gasteiger partial charge in [0.05, 0.1) is 0 Å². The molecule has 0 radical (unpaired) electrons. The monoisotopic (exact) mass is 1620 g/mol. The highest BCUT2D eigenvalue weighted by Gasteiger charge is 2.48. The Hall–Kier alpha value is -9.51. The van der Waals surface area contributed by atoms with Gasteiger partial charge in [-0.1, -0.05) is 128 Å². The maximum Gasteiger partial charge on any atom is 0.195 e. The first kappa shape index (κ1) is 79.0. The molecule has 3 aliphatic heterocycles. The van der Waals surface area contributed by atoms with Crippen molar-refractivity contribution in [1.82, 2.24) is 14.7 Å². The van der Waals surface area contributed by atoms with Crippen LogP contribution in [0.2, 0.25) is 0 Å². The number of fused-ring (bicyclic) bond motifs is 10. The third-order valence-electron chi connectivity index (χ3n) is 26.0. The lowest BCUT2D eigenvalue weighted by Gasteiger charge is -2.44. The second-order valence-electron chi connectivity index (χ2n) is 34.1. The summed E-state index contributed by atoms with van der Waals surface area (Å²) in [5.74, 6) is 1.82. The number of benzene rings is 8. The molecule has 0 bridgehead atoms. The number of rotatable bonds is 6. The van der Waals surface area contributed by atoms with Crippen LogP contribution in [0.5, 0.6) is 0 Å². The number of carbonyl (C=O) groups excluding carboxylic acids is 5. The van der Waals surface area contributed by atoms with Crippen molar-refractivity contribution >= 4 is 85.6 Å². The van der Waals surface area contributed by atoms with E-state index in [9.17, 15) is 24.0 Å². The van der Waals surface area contributed by atoms with E-state index in [0.29, 0.717) is 11.8 Å². The molecule has 5 aliphatic carbocycles. The van der Waals surface area contributed by atoms with Gasteiger partial charge in [-0.2, -0.15) is 0 Å². The van der Waals surface area contributed by atoms with E-state index < -0.39 is 0 Å². The van der Waals surface area contributed by atoms with E-state index in [2.05, 4.69) is 262 Å².